The lowest BCUT2D eigenvalue weighted by Gasteiger charge is -2.30. The van der Waals surface area contributed by atoms with E-state index >= 15 is 0 Å². The second-order valence-corrected chi connectivity index (χ2v) is 5.54. The first-order valence-corrected chi connectivity index (χ1v) is 7.57. The van der Waals surface area contributed by atoms with E-state index in [9.17, 15) is 0 Å². The van der Waals surface area contributed by atoms with Crippen molar-refractivity contribution in [3.63, 3.8) is 0 Å². The van der Waals surface area contributed by atoms with E-state index < -0.39 is 8.60 Å². The van der Waals surface area contributed by atoms with Crippen molar-refractivity contribution in [2.45, 2.75) is 53.6 Å². The molecule has 0 spiro atoms. The van der Waals surface area contributed by atoms with E-state index in [2.05, 4.69) is 32.6 Å². The maximum atomic E-state index is 5.63. The van der Waals surface area contributed by atoms with Crippen LogP contribution in [-0.2, 0) is 13.6 Å². The lowest BCUT2D eigenvalue weighted by molar-refractivity contribution is 0.118. The van der Waals surface area contributed by atoms with Gasteiger partial charge in [0.1, 0.15) is 0 Å². The molecule has 0 unspecified atom stereocenters. The van der Waals surface area contributed by atoms with Crippen LogP contribution in [0.4, 0.5) is 0 Å². The number of hydrogen-bond donors (Lipinski definition) is 0. The number of hydrogen-bond acceptors (Lipinski definition) is 4. The van der Waals surface area contributed by atoms with Crippen molar-refractivity contribution in [3.05, 3.63) is 0 Å². The second-order valence-electron chi connectivity index (χ2n) is 4.32. The summed E-state index contributed by atoms with van der Waals surface area (Å²) in [4.78, 5) is 2.39. The van der Waals surface area contributed by atoms with Crippen molar-refractivity contribution in [3.8, 4) is 0 Å². The summed E-state index contributed by atoms with van der Waals surface area (Å²) >= 11 is 0. The third-order valence-electron chi connectivity index (χ3n) is 2.34. The third kappa shape index (κ3) is 8.06. The Kier molecular flexibility index (Phi) is 10.4. The highest BCUT2D eigenvalue weighted by Crippen LogP contribution is 2.38. The molecule has 0 heterocycles. The van der Waals surface area contributed by atoms with Crippen LogP contribution in [0.15, 0.2) is 0 Å². The van der Waals surface area contributed by atoms with Crippen molar-refractivity contribution in [2.75, 3.05) is 26.4 Å². The maximum Gasteiger partial charge on any atom is 0.332 e. The van der Waals surface area contributed by atoms with Crippen LogP contribution >= 0.6 is 8.60 Å². The molecular formula is C12H28NO3P. The maximum absolute atomic E-state index is 5.63. The van der Waals surface area contributed by atoms with Crippen LogP contribution in [0, 0.1) is 0 Å². The molecule has 0 saturated heterocycles. The van der Waals surface area contributed by atoms with Crippen LogP contribution in [0.5, 0.6) is 0 Å². The predicted octanol–water partition coefficient (Wildman–Crippen LogP) is 3.42. The van der Waals surface area contributed by atoms with E-state index in [1.807, 2.05) is 13.8 Å². The first-order chi connectivity index (χ1) is 8.02. The highest BCUT2D eigenvalue weighted by atomic mass is 31.2. The summed E-state index contributed by atoms with van der Waals surface area (Å²) in [5.74, 6) is 0. The molecule has 0 N–H and O–H groups in total. The minimum Gasteiger partial charge on any atom is -0.313 e. The van der Waals surface area contributed by atoms with E-state index in [1.54, 1.807) is 0 Å². The van der Waals surface area contributed by atoms with Gasteiger partial charge in [-0.05, 0) is 41.5 Å². The molecule has 0 bridgehead atoms. The fourth-order valence-corrected chi connectivity index (χ4v) is 2.53. The summed E-state index contributed by atoms with van der Waals surface area (Å²) in [6.45, 7) is 15.5. The van der Waals surface area contributed by atoms with Crippen LogP contribution in [-0.4, -0.2) is 43.3 Å². The van der Waals surface area contributed by atoms with Crippen molar-refractivity contribution < 1.29 is 13.6 Å². The topological polar surface area (TPSA) is 30.9 Å². The van der Waals surface area contributed by atoms with Gasteiger partial charge in [0, 0.05) is 18.6 Å². The van der Waals surface area contributed by atoms with Crippen LogP contribution < -0.4 is 0 Å². The fourth-order valence-electron chi connectivity index (χ4n) is 1.66. The molecule has 0 rings (SSSR count). The van der Waals surface area contributed by atoms with Crippen LogP contribution in [0.3, 0.4) is 0 Å². The van der Waals surface area contributed by atoms with E-state index in [0.717, 1.165) is 6.54 Å². The van der Waals surface area contributed by atoms with Gasteiger partial charge in [0.2, 0.25) is 0 Å². The van der Waals surface area contributed by atoms with E-state index in [4.69, 9.17) is 13.6 Å². The van der Waals surface area contributed by atoms with Crippen LogP contribution in [0.2, 0.25) is 0 Å². The standard InChI is InChI=1S/C12H28NO3P/c1-7-14-17(15-8-2)16-10-9-13(11(3)4)12(5)6/h11-12H,7-10H2,1-6H3. The molecule has 0 atom stereocenters. The number of nitrogens with zero attached hydrogens (tertiary/aromatic N) is 1. The predicted molar refractivity (Wildman–Crippen MR) is 73.1 cm³/mol. The summed E-state index contributed by atoms with van der Waals surface area (Å²) in [7, 11) is -1.16. The van der Waals surface area contributed by atoms with Gasteiger partial charge < -0.3 is 13.6 Å². The van der Waals surface area contributed by atoms with Gasteiger partial charge in [-0.1, -0.05) is 0 Å². The Bertz CT molecular complexity index is 165. The average molecular weight is 265 g/mol. The van der Waals surface area contributed by atoms with Gasteiger partial charge in [-0.15, -0.1) is 0 Å². The van der Waals surface area contributed by atoms with E-state index in [0.29, 0.717) is 31.9 Å². The molecule has 5 heteroatoms. The molecule has 0 fully saturated rings. The third-order valence-corrected chi connectivity index (χ3v) is 3.67. The van der Waals surface area contributed by atoms with Crippen molar-refractivity contribution in [1.82, 2.24) is 4.90 Å². The van der Waals surface area contributed by atoms with E-state index in [1.165, 1.54) is 0 Å². The van der Waals surface area contributed by atoms with Gasteiger partial charge in [0.15, 0.2) is 0 Å². The molecule has 0 aliphatic rings. The van der Waals surface area contributed by atoms with Crippen LogP contribution in [0.1, 0.15) is 41.5 Å². The fraction of sp³-hybridized carbons (Fsp3) is 1.00. The van der Waals surface area contributed by atoms with Crippen molar-refractivity contribution in [1.29, 1.82) is 0 Å². The van der Waals surface area contributed by atoms with Crippen molar-refractivity contribution in [2.24, 2.45) is 0 Å². The zero-order chi connectivity index (χ0) is 13.3. The Balaban J connectivity index is 3.91. The summed E-state index contributed by atoms with van der Waals surface area (Å²) < 4.78 is 16.4. The minimum absolute atomic E-state index is 0.531. The Hall–Kier alpha value is 0.270. The lowest BCUT2D eigenvalue weighted by atomic mass is 10.2. The zero-order valence-corrected chi connectivity index (χ0v) is 13.0. The highest BCUT2D eigenvalue weighted by molar-refractivity contribution is 7.41. The number of rotatable bonds is 10. The molecule has 0 aliphatic heterocycles. The molecule has 0 aliphatic carbocycles. The van der Waals surface area contributed by atoms with Crippen LogP contribution in [0.25, 0.3) is 0 Å². The quantitative estimate of drug-likeness (QED) is 0.566. The summed E-state index contributed by atoms with van der Waals surface area (Å²) in [6.07, 6.45) is 0. The van der Waals surface area contributed by atoms with Gasteiger partial charge in [-0.2, -0.15) is 0 Å². The molecule has 0 aromatic carbocycles. The smallest absolute Gasteiger partial charge is 0.313 e. The summed E-state index contributed by atoms with van der Waals surface area (Å²) in [5.41, 5.74) is 0. The Labute approximate surface area is 108 Å². The largest absolute Gasteiger partial charge is 0.332 e. The lowest BCUT2D eigenvalue weighted by Crippen LogP contribution is -2.39. The van der Waals surface area contributed by atoms with Gasteiger partial charge in [0.05, 0.1) is 19.8 Å². The molecule has 4 nitrogen and oxygen atoms in total. The molecule has 0 aromatic rings. The second kappa shape index (κ2) is 10.2. The first-order valence-electron chi connectivity index (χ1n) is 6.47. The molecular weight excluding hydrogens is 237 g/mol. The molecule has 104 valence electrons. The zero-order valence-electron chi connectivity index (χ0n) is 12.1. The van der Waals surface area contributed by atoms with Crippen molar-refractivity contribution >= 4 is 8.60 Å². The van der Waals surface area contributed by atoms with E-state index in [-0.39, 0.29) is 0 Å². The Morgan fingerprint density at radius 1 is 0.882 bits per heavy atom. The highest BCUT2D eigenvalue weighted by Gasteiger charge is 2.15. The Morgan fingerprint density at radius 2 is 1.35 bits per heavy atom. The molecule has 0 saturated carbocycles. The Morgan fingerprint density at radius 3 is 1.71 bits per heavy atom. The normalized spacial score (nSPS) is 12.4. The average Bonchev–Trinajstić information content (AvgIpc) is 2.23. The molecule has 0 aromatic heterocycles. The minimum atomic E-state index is -1.16. The first kappa shape index (κ1) is 17.3. The van der Waals surface area contributed by atoms with Gasteiger partial charge >= 0.3 is 8.60 Å². The van der Waals surface area contributed by atoms with Gasteiger partial charge in [-0.25, -0.2) is 0 Å². The molecule has 17 heavy (non-hydrogen) atoms. The molecule has 0 amide bonds. The monoisotopic (exact) mass is 265 g/mol. The molecule has 0 radical (unpaired) electrons. The summed E-state index contributed by atoms with van der Waals surface area (Å²) in [5, 5.41) is 0. The SMILES string of the molecule is CCOP(OCC)OCCN(C(C)C)C(C)C. The summed E-state index contributed by atoms with van der Waals surface area (Å²) in [6, 6.07) is 1.06. The van der Waals surface area contributed by atoms with Gasteiger partial charge in [0.25, 0.3) is 0 Å². The van der Waals surface area contributed by atoms with Gasteiger partial charge in [-0.3, -0.25) is 4.90 Å².